The van der Waals surface area contributed by atoms with Gasteiger partial charge in [0.25, 0.3) is 0 Å². The second-order valence-electron chi connectivity index (χ2n) is 10.2. The number of benzene rings is 1. The molecular formula is C26H34F3N7O2. The number of aliphatic imine (C=N–C) groups is 2. The molecule has 5 N–H and O–H groups in total. The third kappa shape index (κ3) is 5.85. The lowest BCUT2D eigenvalue weighted by Crippen LogP contribution is -2.31. The van der Waals surface area contributed by atoms with Crippen molar-refractivity contribution in [3.05, 3.63) is 35.3 Å². The van der Waals surface area contributed by atoms with Crippen LogP contribution < -0.4 is 16.4 Å². The molecular weight excluding hydrogens is 499 g/mol. The molecule has 3 atom stereocenters. The highest BCUT2D eigenvalue weighted by molar-refractivity contribution is 5.96. The van der Waals surface area contributed by atoms with Gasteiger partial charge >= 0.3 is 0 Å². The molecule has 0 bridgehead atoms. The van der Waals surface area contributed by atoms with Gasteiger partial charge in [0.2, 0.25) is 17.8 Å². The number of carbonyl (C=O) groups excluding carboxylic acids is 1. The monoisotopic (exact) mass is 533 g/mol. The first-order chi connectivity index (χ1) is 18.1. The molecule has 4 rings (SSSR count). The summed E-state index contributed by atoms with van der Waals surface area (Å²) in [6.07, 6.45) is 3.86. The fourth-order valence-electron chi connectivity index (χ4n) is 5.30. The van der Waals surface area contributed by atoms with Crippen LogP contribution in [-0.4, -0.2) is 45.4 Å². The van der Waals surface area contributed by atoms with E-state index in [9.17, 15) is 23.1 Å². The number of aryl methyl sites for hydroxylation is 1. The van der Waals surface area contributed by atoms with Crippen LogP contribution >= 0.6 is 0 Å². The Hall–Kier alpha value is -3.41. The van der Waals surface area contributed by atoms with Gasteiger partial charge in [-0.15, -0.1) is 0 Å². The molecule has 1 unspecified atom stereocenters. The van der Waals surface area contributed by atoms with Gasteiger partial charge in [0.15, 0.2) is 11.6 Å². The normalized spacial score (nSPS) is 26.2. The van der Waals surface area contributed by atoms with E-state index < -0.39 is 29.2 Å². The summed E-state index contributed by atoms with van der Waals surface area (Å²) < 4.78 is 44.6. The number of aliphatic hydroxyl groups excluding tert-OH is 1. The van der Waals surface area contributed by atoms with Crippen molar-refractivity contribution in [2.24, 2.45) is 27.6 Å². The number of amides is 1. The Bertz CT molecular complexity index is 1220. The van der Waals surface area contributed by atoms with E-state index in [2.05, 4.69) is 32.3 Å². The fraction of sp³-hybridized carbons (Fsp3) is 0.538. The number of guanidine groups is 1. The van der Waals surface area contributed by atoms with Crippen LogP contribution in [0.5, 0.6) is 0 Å². The van der Waals surface area contributed by atoms with Gasteiger partial charge in [-0.25, -0.2) is 28.1 Å². The molecule has 38 heavy (non-hydrogen) atoms. The number of nitrogens with zero attached hydrogens (tertiary/aromatic N) is 4. The predicted molar refractivity (Wildman–Crippen MR) is 140 cm³/mol. The van der Waals surface area contributed by atoms with Crippen LogP contribution in [-0.2, 0) is 4.79 Å². The molecule has 1 aromatic carbocycles. The van der Waals surface area contributed by atoms with Crippen molar-refractivity contribution in [2.75, 3.05) is 10.6 Å². The molecule has 0 radical (unpaired) electrons. The van der Waals surface area contributed by atoms with E-state index in [4.69, 9.17) is 5.73 Å². The number of rotatable bonds is 6. The van der Waals surface area contributed by atoms with Gasteiger partial charge in [-0.1, -0.05) is 6.92 Å². The van der Waals surface area contributed by atoms with Crippen LogP contribution in [0.25, 0.3) is 0 Å². The molecule has 12 heteroatoms. The van der Waals surface area contributed by atoms with Crippen molar-refractivity contribution < 1.29 is 23.1 Å². The van der Waals surface area contributed by atoms with Gasteiger partial charge in [0.1, 0.15) is 17.3 Å². The summed E-state index contributed by atoms with van der Waals surface area (Å²) in [5.41, 5.74) is 5.33. The van der Waals surface area contributed by atoms with Gasteiger partial charge in [-0.2, -0.15) is 0 Å². The van der Waals surface area contributed by atoms with E-state index in [1.165, 1.54) is 0 Å². The number of primary amides is 1. The molecule has 2 aliphatic rings. The van der Waals surface area contributed by atoms with E-state index >= 15 is 0 Å². The summed E-state index contributed by atoms with van der Waals surface area (Å²) in [6, 6.07) is 1.20. The summed E-state index contributed by atoms with van der Waals surface area (Å²) in [5.74, 6) is -3.14. The van der Waals surface area contributed by atoms with Crippen molar-refractivity contribution in [3.63, 3.8) is 0 Å². The van der Waals surface area contributed by atoms with Crippen LogP contribution in [0.15, 0.2) is 22.1 Å². The van der Waals surface area contributed by atoms with Crippen molar-refractivity contribution in [2.45, 2.75) is 77.0 Å². The molecule has 2 aromatic rings. The Labute approximate surface area is 219 Å². The first-order valence-corrected chi connectivity index (χ1v) is 12.9. The quantitative estimate of drug-likeness (QED) is 0.245. The Morgan fingerprint density at radius 3 is 2.47 bits per heavy atom. The number of halogens is 3. The molecule has 2 saturated carbocycles. The van der Waals surface area contributed by atoms with Crippen LogP contribution in [0.1, 0.15) is 63.6 Å². The zero-order chi connectivity index (χ0) is 27.6. The van der Waals surface area contributed by atoms with Crippen LogP contribution in [0.4, 0.5) is 30.6 Å². The highest BCUT2D eigenvalue weighted by Gasteiger charge is 2.31. The molecule has 2 aliphatic carbocycles. The minimum atomic E-state index is -1.36. The average molecular weight is 534 g/mol. The van der Waals surface area contributed by atoms with Crippen molar-refractivity contribution in [1.29, 1.82) is 0 Å². The van der Waals surface area contributed by atoms with E-state index in [1.807, 2.05) is 6.92 Å². The smallest absolute Gasteiger partial charge is 0.223 e. The van der Waals surface area contributed by atoms with Gasteiger partial charge in [0.05, 0.1) is 17.8 Å². The molecule has 0 saturated heterocycles. The van der Waals surface area contributed by atoms with Crippen LogP contribution in [0.2, 0.25) is 0 Å². The number of nitrogens with one attached hydrogen (secondary N) is 2. The van der Waals surface area contributed by atoms with Crippen LogP contribution in [0, 0.1) is 36.2 Å². The Morgan fingerprint density at radius 2 is 1.84 bits per heavy atom. The molecule has 1 heterocycles. The van der Waals surface area contributed by atoms with Gasteiger partial charge in [-0.3, -0.25) is 9.36 Å². The van der Waals surface area contributed by atoms with E-state index in [0.29, 0.717) is 49.7 Å². The highest BCUT2D eigenvalue weighted by Crippen LogP contribution is 2.39. The predicted octanol–water partition coefficient (Wildman–Crippen LogP) is 4.59. The number of anilines is 3. The number of aromatic nitrogens is 2. The molecule has 0 aliphatic heterocycles. The minimum absolute atomic E-state index is 0.0984. The van der Waals surface area contributed by atoms with Crippen molar-refractivity contribution in [3.8, 4) is 0 Å². The second-order valence-corrected chi connectivity index (χ2v) is 10.2. The SMILES string of the molecule is C=NC(=N[C@@H]1CC[C@@H](C)C(O)C1)Nc1c(C)nc(Nc2c(F)ccc(F)c2F)n1C1CCC(C(N)=O)CC1. The first-order valence-electron chi connectivity index (χ1n) is 12.9. The minimum Gasteiger partial charge on any atom is -0.393 e. The molecule has 9 nitrogen and oxygen atoms in total. The standard InChI is InChI=1S/C26H34F3N7O2/c1-13-4-7-16(12-20(13)37)33-25(31-3)35-24-14(2)32-26(34-22-19(28)11-10-18(27)21(22)29)36(24)17-8-5-15(6-9-17)23(30)38/h10-11,13,15-17,20,37H,3-9,12H2,1-2H3,(H2,30,38)(H,32,34)(H,33,35)/t13-,15?,16-,17?,20?/m1/s1. The molecule has 206 valence electrons. The molecule has 1 amide bonds. The zero-order valence-corrected chi connectivity index (χ0v) is 21.6. The molecule has 2 fully saturated rings. The topological polar surface area (TPSA) is 130 Å². The van der Waals surface area contributed by atoms with Crippen molar-refractivity contribution in [1.82, 2.24) is 9.55 Å². The van der Waals surface area contributed by atoms with Gasteiger partial charge in [0, 0.05) is 12.0 Å². The Balaban J connectivity index is 1.69. The fourth-order valence-corrected chi connectivity index (χ4v) is 5.30. The maximum atomic E-state index is 14.5. The Kier molecular flexibility index (Phi) is 8.39. The number of imidazole rings is 1. The zero-order valence-electron chi connectivity index (χ0n) is 21.6. The van der Waals surface area contributed by atoms with Gasteiger partial charge < -0.3 is 21.5 Å². The lowest BCUT2D eigenvalue weighted by atomic mass is 9.85. The maximum Gasteiger partial charge on any atom is 0.223 e. The summed E-state index contributed by atoms with van der Waals surface area (Å²) in [6.45, 7) is 7.34. The number of aliphatic hydroxyl groups is 1. The molecule has 1 aromatic heterocycles. The second kappa shape index (κ2) is 11.5. The lowest BCUT2D eigenvalue weighted by molar-refractivity contribution is -0.122. The highest BCUT2D eigenvalue weighted by atomic mass is 19.2. The van der Waals surface area contributed by atoms with Crippen LogP contribution in [0.3, 0.4) is 0 Å². The number of carbonyl (C=O) groups is 1. The third-order valence-corrected chi connectivity index (χ3v) is 7.64. The van der Waals surface area contributed by atoms with E-state index in [-0.39, 0.29) is 41.7 Å². The third-order valence-electron chi connectivity index (χ3n) is 7.64. The van der Waals surface area contributed by atoms with E-state index in [1.54, 1.807) is 11.5 Å². The Morgan fingerprint density at radius 1 is 1.16 bits per heavy atom. The molecule has 0 spiro atoms. The lowest BCUT2D eigenvalue weighted by Gasteiger charge is -2.30. The first kappa shape index (κ1) is 27.6. The maximum absolute atomic E-state index is 14.5. The summed E-state index contributed by atoms with van der Waals surface area (Å²) in [5, 5.41) is 16.1. The van der Waals surface area contributed by atoms with Crippen molar-refractivity contribution >= 4 is 36.0 Å². The number of nitrogens with two attached hydrogens (primary N) is 1. The van der Waals surface area contributed by atoms with Gasteiger partial charge in [-0.05, 0) is 76.6 Å². The summed E-state index contributed by atoms with van der Waals surface area (Å²) in [7, 11) is 0. The number of hydrogen-bond donors (Lipinski definition) is 4. The van der Waals surface area contributed by atoms with E-state index in [0.717, 1.165) is 18.9 Å². The largest absolute Gasteiger partial charge is 0.393 e. The summed E-state index contributed by atoms with van der Waals surface area (Å²) in [4.78, 5) is 24.9. The summed E-state index contributed by atoms with van der Waals surface area (Å²) >= 11 is 0. The average Bonchev–Trinajstić information content (AvgIpc) is 3.20. The number of hydrogen-bond acceptors (Lipinski definition) is 5.